The minimum Gasteiger partial charge on any atom is -0.466 e. The van der Waals surface area contributed by atoms with Gasteiger partial charge in [0.25, 0.3) is 0 Å². The zero-order valence-corrected chi connectivity index (χ0v) is 17.4. The molecule has 2 heterocycles. The predicted molar refractivity (Wildman–Crippen MR) is 103 cm³/mol. The maximum atomic E-state index is 13.3. The van der Waals surface area contributed by atoms with Crippen LogP contribution in [0.25, 0.3) is 0 Å². The number of esters is 1. The fourth-order valence-electron chi connectivity index (χ4n) is 4.82. The van der Waals surface area contributed by atoms with Crippen LogP contribution in [0, 0.1) is 11.8 Å². The second-order valence-corrected chi connectivity index (χ2v) is 8.42. The summed E-state index contributed by atoms with van der Waals surface area (Å²) in [5.41, 5.74) is -0.608. The van der Waals surface area contributed by atoms with Gasteiger partial charge in [-0.3, -0.25) is 19.3 Å². The number of amides is 2. The van der Waals surface area contributed by atoms with Gasteiger partial charge in [-0.2, -0.15) is 0 Å². The zero-order valence-electron chi connectivity index (χ0n) is 17.4. The first kappa shape index (κ1) is 21.1. The van der Waals surface area contributed by atoms with Crippen LogP contribution in [-0.4, -0.2) is 65.7 Å². The van der Waals surface area contributed by atoms with Crippen LogP contribution in [-0.2, 0) is 23.9 Å². The third kappa shape index (κ3) is 4.04. The van der Waals surface area contributed by atoms with Crippen LogP contribution in [0.2, 0.25) is 0 Å². The molecule has 28 heavy (non-hydrogen) atoms. The molecule has 2 saturated heterocycles. The van der Waals surface area contributed by atoms with Crippen molar-refractivity contribution in [2.45, 2.75) is 77.5 Å². The van der Waals surface area contributed by atoms with Crippen molar-refractivity contribution in [2.24, 2.45) is 11.8 Å². The Kier molecular flexibility index (Phi) is 6.63. The quantitative estimate of drug-likeness (QED) is 0.684. The van der Waals surface area contributed by atoms with Gasteiger partial charge >= 0.3 is 5.97 Å². The normalized spacial score (nSPS) is 31.2. The summed E-state index contributed by atoms with van der Waals surface area (Å²) in [4.78, 5) is 41.6. The van der Waals surface area contributed by atoms with E-state index in [1.54, 1.807) is 16.7 Å². The Bertz CT molecular complexity index is 592. The second-order valence-electron chi connectivity index (χ2n) is 8.42. The predicted octanol–water partition coefficient (Wildman–Crippen LogP) is 2.33. The number of likely N-dealkylation sites (tertiary alicyclic amines) is 1. The van der Waals surface area contributed by atoms with E-state index in [1.807, 2.05) is 6.92 Å². The van der Waals surface area contributed by atoms with Crippen LogP contribution < -0.4 is 0 Å². The third-order valence-electron chi connectivity index (χ3n) is 6.60. The molecule has 7 heteroatoms. The van der Waals surface area contributed by atoms with Gasteiger partial charge in [-0.25, -0.2) is 0 Å². The molecule has 2 amide bonds. The van der Waals surface area contributed by atoms with Gasteiger partial charge < -0.3 is 14.4 Å². The molecule has 3 fully saturated rings. The highest BCUT2D eigenvalue weighted by Crippen LogP contribution is 2.43. The molecule has 3 aliphatic rings. The minimum absolute atomic E-state index is 0.00758. The highest BCUT2D eigenvalue weighted by atomic mass is 16.5. The number of nitrogens with zero attached hydrogens (tertiary/aromatic N) is 2. The number of hydrogen-bond donors (Lipinski definition) is 0. The standard InChI is InChI=1S/C21H34N2O5/c1-4-18(24)23-17(14-28-21(23)10-6-15(3)7-11-21)19(25)22-12-8-16(9-13-22)20(26)27-5-2/h15-17H,4-14H2,1-3H3. The van der Waals surface area contributed by atoms with E-state index in [1.165, 1.54) is 0 Å². The van der Waals surface area contributed by atoms with E-state index in [-0.39, 0.29) is 30.3 Å². The SMILES string of the molecule is CCOC(=O)C1CCN(C(=O)C2COC3(CCC(C)CC3)N2C(=O)CC)CC1. The molecule has 0 bridgehead atoms. The average Bonchev–Trinajstić information content (AvgIpc) is 3.08. The average molecular weight is 395 g/mol. The van der Waals surface area contributed by atoms with E-state index in [0.29, 0.717) is 44.9 Å². The first-order valence-electron chi connectivity index (χ1n) is 10.8. The number of rotatable bonds is 4. The van der Waals surface area contributed by atoms with Gasteiger partial charge in [-0.15, -0.1) is 0 Å². The van der Waals surface area contributed by atoms with Gasteiger partial charge in [0.2, 0.25) is 11.8 Å². The Balaban J connectivity index is 1.67. The Morgan fingerprint density at radius 3 is 2.29 bits per heavy atom. The Morgan fingerprint density at radius 1 is 1.07 bits per heavy atom. The van der Waals surface area contributed by atoms with E-state index in [2.05, 4.69) is 6.92 Å². The lowest BCUT2D eigenvalue weighted by atomic mass is 9.83. The van der Waals surface area contributed by atoms with Gasteiger partial charge in [0.1, 0.15) is 11.8 Å². The molecular weight excluding hydrogens is 360 g/mol. The maximum absolute atomic E-state index is 13.3. The Morgan fingerprint density at radius 2 is 1.71 bits per heavy atom. The highest BCUT2D eigenvalue weighted by Gasteiger charge is 2.53. The summed E-state index contributed by atoms with van der Waals surface area (Å²) in [6, 6.07) is -0.542. The van der Waals surface area contributed by atoms with Crippen molar-refractivity contribution in [3.8, 4) is 0 Å². The molecule has 0 aromatic heterocycles. The fourth-order valence-corrected chi connectivity index (χ4v) is 4.82. The Labute approximate surface area is 167 Å². The minimum atomic E-state index is -0.608. The molecule has 1 saturated carbocycles. The number of carbonyl (C=O) groups excluding carboxylic acids is 3. The number of ether oxygens (including phenoxy) is 2. The molecule has 1 unspecified atom stereocenters. The second kappa shape index (κ2) is 8.80. The lowest BCUT2D eigenvalue weighted by Gasteiger charge is -2.43. The number of hydrogen-bond acceptors (Lipinski definition) is 5. The summed E-state index contributed by atoms with van der Waals surface area (Å²) in [6.07, 6.45) is 5.22. The van der Waals surface area contributed by atoms with Crippen molar-refractivity contribution in [1.29, 1.82) is 0 Å². The summed E-state index contributed by atoms with van der Waals surface area (Å²) >= 11 is 0. The molecule has 1 spiro atoms. The maximum Gasteiger partial charge on any atom is 0.309 e. The van der Waals surface area contributed by atoms with Crippen molar-refractivity contribution in [2.75, 3.05) is 26.3 Å². The van der Waals surface area contributed by atoms with E-state index >= 15 is 0 Å². The fraction of sp³-hybridized carbons (Fsp3) is 0.857. The molecule has 3 rings (SSSR count). The molecule has 7 nitrogen and oxygen atoms in total. The van der Waals surface area contributed by atoms with Crippen molar-refractivity contribution < 1.29 is 23.9 Å². The summed E-state index contributed by atoms with van der Waals surface area (Å²) in [6.45, 7) is 7.57. The molecule has 0 N–H and O–H groups in total. The van der Waals surface area contributed by atoms with Crippen molar-refractivity contribution in [3.05, 3.63) is 0 Å². The first-order valence-corrected chi connectivity index (χ1v) is 10.8. The third-order valence-corrected chi connectivity index (χ3v) is 6.60. The zero-order chi connectivity index (χ0) is 20.3. The Hall–Kier alpha value is -1.63. The van der Waals surface area contributed by atoms with Crippen LogP contribution in [0.15, 0.2) is 0 Å². The number of piperidine rings is 1. The van der Waals surface area contributed by atoms with Crippen molar-refractivity contribution in [1.82, 2.24) is 9.80 Å². The molecule has 2 aliphatic heterocycles. The smallest absolute Gasteiger partial charge is 0.309 e. The van der Waals surface area contributed by atoms with E-state index in [9.17, 15) is 14.4 Å². The first-order chi connectivity index (χ1) is 13.4. The van der Waals surface area contributed by atoms with Gasteiger partial charge in [-0.1, -0.05) is 13.8 Å². The highest BCUT2D eigenvalue weighted by molar-refractivity contribution is 5.89. The summed E-state index contributed by atoms with van der Waals surface area (Å²) < 4.78 is 11.3. The van der Waals surface area contributed by atoms with Crippen LogP contribution in [0.1, 0.15) is 65.7 Å². The van der Waals surface area contributed by atoms with Crippen LogP contribution in [0.5, 0.6) is 0 Å². The van der Waals surface area contributed by atoms with Crippen LogP contribution in [0.4, 0.5) is 0 Å². The molecule has 1 atom stereocenters. The topological polar surface area (TPSA) is 76.2 Å². The lowest BCUT2D eigenvalue weighted by molar-refractivity contribution is -0.163. The van der Waals surface area contributed by atoms with E-state index < -0.39 is 11.8 Å². The summed E-state index contributed by atoms with van der Waals surface area (Å²) in [7, 11) is 0. The lowest BCUT2D eigenvalue weighted by Crippen LogP contribution is -2.58. The van der Waals surface area contributed by atoms with E-state index in [0.717, 1.165) is 25.7 Å². The van der Waals surface area contributed by atoms with Gasteiger partial charge in [0.15, 0.2) is 0 Å². The van der Waals surface area contributed by atoms with Gasteiger partial charge in [-0.05, 0) is 51.4 Å². The molecule has 0 aromatic carbocycles. The molecule has 1 aliphatic carbocycles. The molecular formula is C21H34N2O5. The van der Waals surface area contributed by atoms with Gasteiger partial charge in [0, 0.05) is 19.5 Å². The van der Waals surface area contributed by atoms with E-state index in [4.69, 9.17) is 9.47 Å². The molecule has 0 aromatic rings. The summed E-state index contributed by atoms with van der Waals surface area (Å²) in [5.74, 6) is 0.274. The summed E-state index contributed by atoms with van der Waals surface area (Å²) in [5, 5.41) is 0. The molecule has 158 valence electrons. The van der Waals surface area contributed by atoms with Crippen LogP contribution >= 0.6 is 0 Å². The largest absolute Gasteiger partial charge is 0.466 e. The van der Waals surface area contributed by atoms with Gasteiger partial charge in [0.05, 0.1) is 19.1 Å². The van der Waals surface area contributed by atoms with Crippen LogP contribution in [0.3, 0.4) is 0 Å². The van der Waals surface area contributed by atoms with Crippen molar-refractivity contribution in [3.63, 3.8) is 0 Å². The molecule has 0 radical (unpaired) electrons. The number of carbonyl (C=O) groups is 3. The van der Waals surface area contributed by atoms with Crippen molar-refractivity contribution >= 4 is 17.8 Å². The monoisotopic (exact) mass is 394 g/mol.